The molecule has 1 fully saturated rings. The number of amides is 1. The lowest BCUT2D eigenvalue weighted by molar-refractivity contribution is -0.123. The summed E-state index contributed by atoms with van der Waals surface area (Å²) in [5.41, 5.74) is 5.50. The molecule has 0 bridgehead atoms. The van der Waals surface area contributed by atoms with Crippen LogP contribution in [0.2, 0.25) is 0 Å². The maximum atomic E-state index is 13.6. The lowest BCUT2D eigenvalue weighted by atomic mass is 10.0. The Labute approximate surface area is 232 Å². The molecular weight excluding hydrogens is 510 g/mol. The molecule has 0 unspecified atom stereocenters. The van der Waals surface area contributed by atoms with E-state index in [2.05, 4.69) is 12.6 Å². The quantitative estimate of drug-likeness (QED) is 0.133. The van der Waals surface area contributed by atoms with Gasteiger partial charge in [0, 0.05) is 17.3 Å². The SMILES string of the molecule is C=CCOc1ccc(-c2nn(-c3ccccc3)cc2/C=C2/SC(=S)N([C@H](C)c3ccccc3)C2=O)cc1C. The zero-order chi connectivity index (χ0) is 26.6. The fourth-order valence-electron chi connectivity index (χ4n) is 4.37. The number of nitrogens with zero attached hydrogens (tertiary/aromatic N) is 3. The van der Waals surface area contributed by atoms with Crippen LogP contribution in [-0.2, 0) is 4.79 Å². The minimum Gasteiger partial charge on any atom is -0.489 e. The number of carbonyl (C=O) groups is 1. The van der Waals surface area contributed by atoms with Gasteiger partial charge in [0.2, 0.25) is 0 Å². The zero-order valence-electron chi connectivity index (χ0n) is 21.2. The molecule has 0 N–H and O–H groups in total. The van der Waals surface area contributed by atoms with E-state index in [0.717, 1.165) is 39.4 Å². The van der Waals surface area contributed by atoms with Gasteiger partial charge in [-0.15, -0.1) is 0 Å². The van der Waals surface area contributed by atoms with Crippen LogP contribution in [0, 0.1) is 6.92 Å². The number of aromatic nitrogens is 2. The Kier molecular flexibility index (Phi) is 7.58. The Hall–Kier alpha value is -3.94. The summed E-state index contributed by atoms with van der Waals surface area (Å²) in [5.74, 6) is 0.701. The van der Waals surface area contributed by atoms with Crippen molar-refractivity contribution in [3.8, 4) is 22.7 Å². The molecule has 4 aromatic rings. The van der Waals surface area contributed by atoms with Gasteiger partial charge in [-0.3, -0.25) is 9.69 Å². The second-order valence-corrected chi connectivity index (χ2v) is 10.6. The monoisotopic (exact) mass is 537 g/mol. The molecule has 0 spiro atoms. The van der Waals surface area contributed by atoms with Gasteiger partial charge in [-0.2, -0.15) is 5.10 Å². The van der Waals surface area contributed by atoms with Crippen LogP contribution >= 0.6 is 24.0 Å². The number of thiocarbonyl (C=S) groups is 1. The Morgan fingerprint density at radius 1 is 1.08 bits per heavy atom. The molecule has 0 radical (unpaired) electrons. The molecule has 0 saturated carbocycles. The number of carbonyl (C=O) groups excluding carboxylic acids is 1. The highest BCUT2D eigenvalue weighted by Gasteiger charge is 2.36. The van der Waals surface area contributed by atoms with Crippen LogP contribution < -0.4 is 4.74 Å². The number of para-hydroxylation sites is 1. The number of hydrogen-bond acceptors (Lipinski definition) is 5. The Bertz CT molecular complexity index is 1530. The van der Waals surface area contributed by atoms with Crippen molar-refractivity contribution < 1.29 is 9.53 Å². The smallest absolute Gasteiger partial charge is 0.266 e. The van der Waals surface area contributed by atoms with Gasteiger partial charge in [0.1, 0.15) is 22.4 Å². The third-order valence-corrected chi connectivity index (χ3v) is 7.68. The summed E-state index contributed by atoms with van der Waals surface area (Å²) < 4.78 is 8.15. The normalized spacial score (nSPS) is 15.2. The largest absolute Gasteiger partial charge is 0.489 e. The first-order chi connectivity index (χ1) is 18.5. The highest BCUT2D eigenvalue weighted by atomic mass is 32.2. The van der Waals surface area contributed by atoms with E-state index >= 15 is 0 Å². The number of ether oxygens (including phenoxy) is 1. The van der Waals surface area contributed by atoms with E-state index in [0.29, 0.717) is 15.8 Å². The van der Waals surface area contributed by atoms with Crippen molar-refractivity contribution in [2.45, 2.75) is 19.9 Å². The first-order valence-corrected chi connectivity index (χ1v) is 13.5. The molecule has 7 heteroatoms. The molecule has 1 aliphatic heterocycles. The molecule has 1 amide bonds. The maximum Gasteiger partial charge on any atom is 0.266 e. The van der Waals surface area contributed by atoms with Gasteiger partial charge in [-0.1, -0.05) is 85.2 Å². The number of rotatable bonds is 8. The summed E-state index contributed by atoms with van der Waals surface area (Å²) in [6.07, 6.45) is 5.58. The molecule has 5 rings (SSSR count). The van der Waals surface area contributed by atoms with Crippen molar-refractivity contribution in [1.82, 2.24) is 14.7 Å². The Morgan fingerprint density at radius 3 is 2.47 bits per heavy atom. The molecule has 5 nitrogen and oxygen atoms in total. The van der Waals surface area contributed by atoms with Crippen molar-refractivity contribution in [3.05, 3.63) is 119 Å². The van der Waals surface area contributed by atoms with E-state index < -0.39 is 0 Å². The third-order valence-electron chi connectivity index (χ3n) is 6.35. The average Bonchev–Trinajstić information content (AvgIpc) is 3.48. The molecule has 1 aliphatic rings. The second kappa shape index (κ2) is 11.2. The van der Waals surface area contributed by atoms with Crippen molar-refractivity contribution in [1.29, 1.82) is 0 Å². The Balaban J connectivity index is 1.54. The van der Waals surface area contributed by atoms with Crippen LogP contribution in [0.1, 0.15) is 29.7 Å². The molecule has 0 aliphatic carbocycles. The number of aryl methyl sites for hydroxylation is 1. The summed E-state index contributed by atoms with van der Waals surface area (Å²) in [6, 6.07) is 25.7. The van der Waals surface area contributed by atoms with Gasteiger partial charge in [-0.25, -0.2) is 4.68 Å². The Morgan fingerprint density at radius 2 is 1.79 bits per heavy atom. The second-order valence-electron chi connectivity index (χ2n) is 8.93. The van der Waals surface area contributed by atoms with Gasteiger partial charge in [0.05, 0.1) is 16.6 Å². The third kappa shape index (κ3) is 5.21. The van der Waals surface area contributed by atoms with Crippen LogP contribution in [0.15, 0.2) is 103 Å². The summed E-state index contributed by atoms with van der Waals surface area (Å²) in [7, 11) is 0. The molecule has 38 heavy (non-hydrogen) atoms. The van der Waals surface area contributed by atoms with E-state index in [1.165, 1.54) is 11.8 Å². The van der Waals surface area contributed by atoms with Crippen LogP contribution in [0.25, 0.3) is 23.0 Å². The van der Waals surface area contributed by atoms with E-state index in [9.17, 15) is 4.79 Å². The van der Waals surface area contributed by atoms with E-state index in [-0.39, 0.29) is 11.9 Å². The minimum atomic E-state index is -0.160. The van der Waals surface area contributed by atoms with E-state index in [1.54, 1.807) is 11.0 Å². The fraction of sp³-hybridized carbons (Fsp3) is 0.129. The minimum absolute atomic E-state index is 0.0980. The first kappa shape index (κ1) is 25.7. The van der Waals surface area contributed by atoms with Crippen molar-refractivity contribution >= 4 is 40.3 Å². The molecule has 3 aromatic carbocycles. The fourth-order valence-corrected chi connectivity index (χ4v) is 5.78. The highest BCUT2D eigenvalue weighted by Crippen LogP contribution is 2.39. The number of thioether (sulfide) groups is 1. The van der Waals surface area contributed by atoms with E-state index in [1.807, 2.05) is 104 Å². The number of hydrogen-bond donors (Lipinski definition) is 0. The van der Waals surface area contributed by atoms with Gasteiger partial charge in [-0.05, 0) is 61.4 Å². The maximum absolute atomic E-state index is 13.6. The van der Waals surface area contributed by atoms with Crippen molar-refractivity contribution in [3.63, 3.8) is 0 Å². The predicted octanol–water partition coefficient (Wildman–Crippen LogP) is 7.37. The van der Waals surface area contributed by atoms with Gasteiger partial charge in [0.15, 0.2) is 0 Å². The number of benzene rings is 3. The standard InChI is InChI=1S/C31H27N3O2S2/c1-4-17-36-27-16-15-24(18-21(27)2)29-25(20-33(32-29)26-13-9-6-10-14-26)19-28-30(35)34(31(37)38-28)22(3)23-11-7-5-8-12-23/h4-16,18-20,22H,1,17H2,2-3H3/b28-19+/t22-/m1/s1. The summed E-state index contributed by atoms with van der Waals surface area (Å²) >= 11 is 6.97. The summed E-state index contributed by atoms with van der Waals surface area (Å²) in [5, 5.41) is 4.92. The van der Waals surface area contributed by atoms with Crippen molar-refractivity contribution in [2.24, 2.45) is 0 Å². The first-order valence-electron chi connectivity index (χ1n) is 12.3. The molecule has 190 valence electrons. The molecule has 1 aromatic heterocycles. The van der Waals surface area contributed by atoms with Crippen LogP contribution in [0.3, 0.4) is 0 Å². The molecule has 1 atom stereocenters. The summed E-state index contributed by atoms with van der Waals surface area (Å²) in [4.78, 5) is 15.8. The molecular formula is C31H27N3O2S2. The lowest BCUT2D eigenvalue weighted by Crippen LogP contribution is -2.30. The van der Waals surface area contributed by atoms with Crippen molar-refractivity contribution in [2.75, 3.05) is 6.61 Å². The van der Waals surface area contributed by atoms with Crippen LogP contribution in [0.4, 0.5) is 0 Å². The van der Waals surface area contributed by atoms with Gasteiger partial charge >= 0.3 is 0 Å². The van der Waals surface area contributed by atoms with E-state index in [4.69, 9.17) is 22.1 Å². The van der Waals surface area contributed by atoms with Crippen LogP contribution in [0.5, 0.6) is 5.75 Å². The van der Waals surface area contributed by atoms with Crippen LogP contribution in [-0.4, -0.2) is 31.5 Å². The molecule has 1 saturated heterocycles. The molecule has 2 heterocycles. The summed E-state index contributed by atoms with van der Waals surface area (Å²) in [6.45, 7) is 8.17. The lowest BCUT2D eigenvalue weighted by Gasteiger charge is -2.23. The highest BCUT2D eigenvalue weighted by molar-refractivity contribution is 8.26. The van der Waals surface area contributed by atoms with Gasteiger partial charge in [0.25, 0.3) is 5.91 Å². The topological polar surface area (TPSA) is 47.4 Å². The van der Waals surface area contributed by atoms with Gasteiger partial charge < -0.3 is 4.74 Å². The zero-order valence-corrected chi connectivity index (χ0v) is 22.8. The predicted molar refractivity (Wildman–Crippen MR) is 159 cm³/mol. The average molecular weight is 538 g/mol.